The van der Waals surface area contributed by atoms with Crippen molar-refractivity contribution in [3.63, 3.8) is 0 Å². The van der Waals surface area contributed by atoms with Crippen molar-refractivity contribution >= 4 is 5.91 Å². The summed E-state index contributed by atoms with van der Waals surface area (Å²) >= 11 is 0. The average molecular weight is 260 g/mol. The van der Waals surface area contributed by atoms with Crippen LogP contribution < -0.4 is 14.8 Å². The van der Waals surface area contributed by atoms with E-state index in [1.807, 2.05) is 6.07 Å². The van der Waals surface area contributed by atoms with Gasteiger partial charge >= 0.3 is 0 Å². The number of methoxy groups -OCH3 is 1. The van der Waals surface area contributed by atoms with E-state index in [2.05, 4.69) is 5.32 Å². The second-order valence-corrected chi connectivity index (χ2v) is 4.45. The minimum atomic E-state index is 0.00547. The quantitative estimate of drug-likeness (QED) is 0.843. The zero-order valence-electron chi connectivity index (χ0n) is 10.8. The van der Waals surface area contributed by atoms with Crippen LogP contribution in [0.15, 0.2) is 18.2 Å². The average Bonchev–Trinajstić information content (AvgIpc) is 3.22. The van der Waals surface area contributed by atoms with Crippen LogP contribution in [0.4, 0.5) is 0 Å². The number of hydrogen-bond donors (Lipinski definition) is 1. The topological polar surface area (TPSA) is 71.3 Å². The van der Waals surface area contributed by atoms with Crippen molar-refractivity contribution < 1.29 is 14.3 Å². The monoisotopic (exact) mass is 260 g/mol. The molecule has 1 fully saturated rings. The molecule has 1 aliphatic carbocycles. The molecule has 0 spiro atoms. The Morgan fingerprint density at radius 2 is 2.16 bits per heavy atom. The van der Waals surface area contributed by atoms with Crippen molar-refractivity contribution in [1.29, 1.82) is 5.26 Å². The van der Waals surface area contributed by atoms with Gasteiger partial charge in [0.05, 0.1) is 31.8 Å². The first-order valence-corrected chi connectivity index (χ1v) is 6.22. The SMILES string of the molecule is COc1cc(C#N)cc(OCCC(=O)NC2CC2)c1. The molecule has 0 unspecified atom stereocenters. The molecule has 0 aromatic heterocycles. The maximum Gasteiger partial charge on any atom is 0.223 e. The smallest absolute Gasteiger partial charge is 0.223 e. The number of nitrogens with zero attached hydrogens (tertiary/aromatic N) is 1. The second-order valence-electron chi connectivity index (χ2n) is 4.45. The first-order chi connectivity index (χ1) is 9.21. The fourth-order valence-corrected chi connectivity index (χ4v) is 1.63. The van der Waals surface area contributed by atoms with Crippen molar-refractivity contribution in [1.82, 2.24) is 5.32 Å². The standard InChI is InChI=1S/C14H16N2O3/c1-18-12-6-10(9-15)7-13(8-12)19-5-4-14(17)16-11-2-3-11/h6-8,11H,2-5H2,1H3,(H,16,17). The molecule has 0 bridgehead atoms. The summed E-state index contributed by atoms with van der Waals surface area (Å²) in [6.07, 6.45) is 2.47. The van der Waals surface area contributed by atoms with Crippen LogP contribution in [0.5, 0.6) is 11.5 Å². The summed E-state index contributed by atoms with van der Waals surface area (Å²) in [4.78, 5) is 11.5. The molecule has 5 nitrogen and oxygen atoms in total. The first-order valence-electron chi connectivity index (χ1n) is 6.22. The van der Waals surface area contributed by atoms with Crippen LogP contribution in [0.2, 0.25) is 0 Å². The lowest BCUT2D eigenvalue weighted by atomic mass is 10.2. The number of nitriles is 1. The van der Waals surface area contributed by atoms with E-state index >= 15 is 0 Å². The highest BCUT2D eigenvalue weighted by molar-refractivity contribution is 5.76. The van der Waals surface area contributed by atoms with Gasteiger partial charge in [0.2, 0.25) is 5.91 Å². The Labute approximate surface area is 112 Å². The highest BCUT2D eigenvalue weighted by atomic mass is 16.5. The molecular weight excluding hydrogens is 244 g/mol. The summed E-state index contributed by atoms with van der Waals surface area (Å²) in [6.45, 7) is 0.288. The van der Waals surface area contributed by atoms with E-state index in [1.54, 1.807) is 18.2 Å². The fraction of sp³-hybridized carbons (Fsp3) is 0.429. The summed E-state index contributed by atoms with van der Waals surface area (Å²) in [5.41, 5.74) is 0.469. The highest BCUT2D eigenvalue weighted by Crippen LogP contribution is 2.22. The molecule has 2 rings (SSSR count). The van der Waals surface area contributed by atoms with E-state index in [-0.39, 0.29) is 12.5 Å². The third-order valence-electron chi connectivity index (χ3n) is 2.79. The van der Waals surface area contributed by atoms with Crippen LogP contribution in [0.25, 0.3) is 0 Å². The number of carbonyl (C=O) groups excluding carboxylic acids is 1. The van der Waals surface area contributed by atoms with E-state index in [4.69, 9.17) is 14.7 Å². The van der Waals surface area contributed by atoms with Gasteiger partial charge in [0.15, 0.2) is 0 Å². The number of benzene rings is 1. The van der Waals surface area contributed by atoms with Crippen LogP contribution in [-0.2, 0) is 4.79 Å². The van der Waals surface area contributed by atoms with E-state index in [0.717, 1.165) is 12.8 Å². The lowest BCUT2D eigenvalue weighted by Gasteiger charge is -2.08. The number of amides is 1. The summed E-state index contributed by atoms with van der Waals surface area (Å²) < 4.78 is 10.5. The van der Waals surface area contributed by atoms with Gasteiger partial charge < -0.3 is 14.8 Å². The van der Waals surface area contributed by atoms with Crippen LogP contribution in [0.1, 0.15) is 24.8 Å². The molecule has 1 saturated carbocycles. The summed E-state index contributed by atoms with van der Waals surface area (Å²) in [6, 6.07) is 7.36. The molecule has 0 heterocycles. The van der Waals surface area contributed by atoms with Gasteiger partial charge in [-0.15, -0.1) is 0 Å². The van der Waals surface area contributed by atoms with Crippen molar-refractivity contribution in [3.05, 3.63) is 23.8 Å². The zero-order chi connectivity index (χ0) is 13.7. The predicted molar refractivity (Wildman–Crippen MR) is 69.0 cm³/mol. The van der Waals surface area contributed by atoms with Gasteiger partial charge in [-0.1, -0.05) is 0 Å². The molecule has 1 N–H and O–H groups in total. The summed E-state index contributed by atoms with van der Waals surface area (Å²) in [5, 5.41) is 11.8. The maximum absolute atomic E-state index is 11.5. The number of carbonyl (C=O) groups is 1. The van der Waals surface area contributed by atoms with E-state index in [1.165, 1.54) is 7.11 Å². The van der Waals surface area contributed by atoms with Gasteiger partial charge in [0, 0.05) is 12.1 Å². The molecule has 1 aromatic carbocycles. The first kappa shape index (κ1) is 13.2. The predicted octanol–water partition coefficient (Wildman–Crippen LogP) is 1.61. The lowest BCUT2D eigenvalue weighted by Crippen LogP contribution is -2.26. The van der Waals surface area contributed by atoms with Gasteiger partial charge in [-0.2, -0.15) is 5.26 Å². The lowest BCUT2D eigenvalue weighted by molar-refractivity contribution is -0.121. The number of nitrogens with one attached hydrogen (secondary N) is 1. The second kappa shape index (κ2) is 6.10. The van der Waals surface area contributed by atoms with E-state index in [0.29, 0.717) is 29.5 Å². The molecule has 0 saturated heterocycles. The van der Waals surface area contributed by atoms with Gasteiger partial charge in [-0.05, 0) is 25.0 Å². The third-order valence-corrected chi connectivity index (χ3v) is 2.79. The minimum Gasteiger partial charge on any atom is -0.497 e. The molecule has 1 aromatic rings. The minimum absolute atomic E-state index is 0.00547. The van der Waals surface area contributed by atoms with Crippen LogP contribution >= 0.6 is 0 Å². The van der Waals surface area contributed by atoms with Crippen LogP contribution in [0, 0.1) is 11.3 Å². The molecule has 5 heteroatoms. The van der Waals surface area contributed by atoms with E-state index in [9.17, 15) is 4.79 Å². The van der Waals surface area contributed by atoms with Gasteiger partial charge in [-0.3, -0.25) is 4.79 Å². The Morgan fingerprint density at radius 3 is 2.79 bits per heavy atom. The van der Waals surface area contributed by atoms with Crippen molar-refractivity contribution in [2.75, 3.05) is 13.7 Å². The van der Waals surface area contributed by atoms with Gasteiger partial charge in [0.25, 0.3) is 0 Å². The number of ether oxygens (including phenoxy) is 2. The number of hydrogen-bond acceptors (Lipinski definition) is 4. The van der Waals surface area contributed by atoms with Crippen molar-refractivity contribution in [2.24, 2.45) is 0 Å². The molecule has 1 amide bonds. The maximum atomic E-state index is 11.5. The highest BCUT2D eigenvalue weighted by Gasteiger charge is 2.22. The third kappa shape index (κ3) is 4.18. The fourth-order valence-electron chi connectivity index (χ4n) is 1.63. The Morgan fingerprint density at radius 1 is 1.42 bits per heavy atom. The van der Waals surface area contributed by atoms with Gasteiger partial charge in [0.1, 0.15) is 11.5 Å². The molecule has 1 aliphatic rings. The summed E-state index contributed by atoms with van der Waals surface area (Å²) in [5.74, 6) is 1.11. The molecule has 0 radical (unpaired) electrons. The van der Waals surface area contributed by atoms with Crippen molar-refractivity contribution in [2.45, 2.75) is 25.3 Å². The van der Waals surface area contributed by atoms with Gasteiger partial charge in [-0.25, -0.2) is 0 Å². The largest absolute Gasteiger partial charge is 0.497 e. The number of rotatable bonds is 6. The molecule has 19 heavy (non-hydrogen) atoms. The Hall–Kier alpha value is -2.22. The van der Waals surface area contributed by atoms with Crippen LogP contribution in [0.3, 0.4) is 0 Å². The molecular formula is C14H16N2O3. The van der Waals surface area contributed by atoms with E-state index < -0.39 is 0 Å². The Balaban J connectivity index is 1.84. The summed E-state index contributed by atoms with van der Waals surface area (Å²) in [7, 11) is 1.53. The zero-order valence-corrected chi connectivity index (χ0v) is 10.8. The molecule has 0 aliphatic heterocycles. The van der Waals surface area contributed by atoms with Crippen LogP contribution in [-0.4, -0.2) is 25.7 Å². The normalized spacial score (nSPS) is 13.5. The molecule has 0 atom stereocenters. The Kier molecular flexibility index (Phi) is 4.24. The van der Waals surface area contributed by atoms with Crippen molar-refractivity contribution in [3.8, 4) is 17.6 Å². The Bertz CT molecular complexity index is 504. The molecule has 100 valence electrons.